The van der Waals surface area contributed by atoms with Crippen LogP contribution in [-0.2, 0) is 4.79 Å². The number of piperidine rings is 1. The Bertz CT molecular complexity index is 199. The van der Waals surface area contributed by atoms with Crippen molar-refractivity contribution in [3.8, 4) is 0 Å². The first-order chi connectivity index (χ1) is 7.22. The molecule has 0 atom stereocenters. The molecule has 0 spiro atoms. The van der Waals surface area contributed by atoms with E-state index >= 15 is 0 Å². The first kappa shape index (κ1) is 12.8. The summed E-state index contributed by atoms with van der Waals surface area (Å²) in [7, 11) is 0. The molecule has 88 valence electrons. The van der Waals surface area contributed by atoms with E-state index in [9.17, 15) is 4.79 Å². The Hall–Kier alpha value is -0.280. The van der Waals surface area contributed by atoms with Gasteiger partial charge in [0.25, 0.3) is 0 Å². The summed E-state index contributed by atoms with van der Waals surface area (Å²) in [6.45, 7) is 8.33. The Kier molecular flexibility index (Phi) is 5.40. The second kappa shape index (κ2) is 6.33. The van der Waals surface area contributed by atoms with Crippen molar-refractivity contribution in [1.29, 1.82) is 0 Å². The maximum atomic E-state index is 11.4. The molecule has 1 rings (SSSR count). The molecule has 15 heavy (non-hydrogen) atoms. The van der Waals surface area contributed by atoms with Crippen molar-refractivity contribution in [3.63, 3.8) is 0 Å². The SMILES string of the molecule is CCN(CC)C1CCN(C(=O)CCl)CC1. The Morgan fingerprint density at radius 3 is 2.27 bits per heavy atom. The highest BCUT2D eigenvalue weighted by Crippen LogP contribution is 2.16. The molecule has 1 saturated heterocycles. The molecular weight excluding hydrogens is 212 g/mol. The number of rotatable bonds is 4. The monoisotopic (exact) mass is 232 g/mol. The Morgan fingerprint density at radius 2 is 1.87 bits per heavy atom. The van der Waals surface area contributed by atoms with Gasteiger partial charge in [-0.05, 0) is 25.9 Å². The van der Waals surface area contributed by atoms with Gasteiger partial charge in [-0.15, -0.1) is 11.6 Å². The number of carbonyl (C=O) groups excluding carboxylic acids is 1. The molecule has 1 heterocycles. The van der Waals surface area contributed by atoms with Crippen LogP contribution in [0.4, 0.5) is 0 Å². The zero-order chi connectivity index (χ0) is 11.3. The minimum absolute atomic E-state index is 0.0784. The topological polar surface area (TPSA) is 23.6 Å². The van der Waals surface area contributed by atoms with Crippen LogP contribution in [0, 0.1) is 0 Å². The van der Waals surface area contributed by atoms with Gasteiger partial charge >= 0.3 is 0 Å². The minimum atomic E-state index is 0.0784. The molecule has 0 unspecified atom stereocenters. The van der Waals surface area contributed by atoms with E-state index in [-0.39, 0.29) is 11.8 Å². The van der Waals surface area contributed by atoms with Crippen molar-refractivity contribution in [1.82, 2.24) is 9.80 Å². The van der Waals surface area contributed by atoms with Crippen molar-refractivity contribution < 1.29 is 4.79 Å². The van der Waals surface area contributed by atoms with Crippen LogP contribution in [0.5, 0.6) is 0 Å². The third kappa shape index (κ3) is 3.35. The second-order valence-corrected chi connectivity index (χ2v) is 4.23. The molecular formula is C11H21ClN2O. The third-order valence-corrected chi connectivity index (χ3v) is 3.49. The van der Waals surface area contributed by atoms with Gasteiger partial charge in [-0.2, -0.15) is 0 Å². The fourth-order valence-corrected chi connectivity index (χ4v) is 2.47. The standard InChI is InChI=1S/C11H21ClN2O/c1-3-13(4-2)10-5-7-14(8-6-10)11(15)9-12/h10H,3-9H2,1-2H3. The number of likely N-dealkylation sites (tertiary alicyclic amines) is 1. The highest BCUT2D eigenvalue weighted by atomic mass is 35.5. The van der Waals surface area contributed by atoms with E-state index in [0.717, 1.165) is 39.0 Å². The van der Waals surface area contributed by atoms with Crippen LogP contribution < -0.4 is 0 Å². The molecule has 0 N–H and O–H groups in total. The number of nitrogens with zero attached hydrogens (tertiary/aromatic N) is 2. The van der Waals surface area contributed by atoms with Gasteiger partial charge in [-0.25, -0.2) is 0 Å². The smallest absolute Gasteiger partial charge is 0.237 e. The molecule has 0 aromatic carbocycles. The number of halogens is 1. The summed E-state index contributed by atoms with van der Waals surface area (Å²) < 4.78 is 0. The van der Waals surface area contributed by atoms with Crippen molar-refractivity contribution >= 4 is 17.5 Å². The molecule has 1 amide bonds. The summed E-state index contributed by atoms with van der Waals surface area (Å²) in [5, 5.41) is 0. The number of hydrogen-bond acceptors (Lipinski definition) is 2. The van der Waals surface area contributed by atoms with E-state index in [1.807, 2.05) is 4.90 Å². The summed E-state index contributed by atoms with van der Waals surface area (Å²) in [6.07, 6.45) is 2.18. The maximum absolute atomic E-state index is 11.4. The maximum Gasteiger partial charge on any atom is 0.237 e. The van der Waals surface area contributed by atoms with E-state index < -0.39 is 0 Å². The average molecular weight is 233 g/mol. The zero-order valence-electron chi connectivity index (χ0n) is 9.71. The molecule has 0 aromatic heterocycles. The highest BCUT2D eigenvalue weighted by molar-refractivity contribution is 6.27. The molecule has 1 fully saturated rings. The predicted octanol–water partition coefficient (Wildman–Crippen LogP) is 1.56. The lowest BCUT2D eigenvalue weighted by Gasteiger charge is -2.37. The summed E-state index contributed by atoms with van der Waals surface area (Å²) in [4.78, 5) is 15.7. The average Bonchev–Trinajstić information content (AvgIpc) is 2.30. The first-order valence-corrected chi connectivity index (χ1v) is 6.34. The molecule has 0 radical (unpaired) electrons. The summed E-state index contributed by atoms with van der Waals surface area (Å²) in [5.41, 5.74) is 0. The quantitative estimate of drug-likeness (QED) is 0.687. The van der Waals surface area contributed by atoms with Crippen LogP contribution in [0.1, 0.15) is 26.7 Å². The van der Waals surface area contributed by atoms with Crippen LogP contribution in [0.25, 0.3) is 0 Å². The van der Waals surface area contributed by atoms with Crippen LogP contribution in [0.15, 0.2) is 0 Å². The van der Waals surface area contributed by atoms with Gasteiger partial charge in [0.2, 0.25) is 5.91 Å². The lowest BCUT2D eigenvalue weighted by Crippen LogP contribution is -2.47. The molecule has 0 aliphatic carbocycles. The number of carbonyl (C=O) groups is 1. The van der Waals surface area contributed by atoms with Crippen LogP contribution in [0.2, 0.25) is 0 Å². The van der Waals surface area contributed by atoms with Crippen LogP contribution in [-0.4, -0.2) is 53.8 Å². The number of alkyl halides is 1. The van der Waals surface area contributed by atoms with Gasteiger partial charge in [-0.3, -0.25) is 4.79 Å². The van der Waals surface area contributed by atoms with Crippen LogP contribution in [0.3, 0.4) is 0 Å². The lowest BCUT2D eigenvalue weighted by atomic mass is 10.0. The first-order valence-electron chi connectivity index (χ1n) is 5.80. The van der Waals surface area contributed by atoms with Gasteiger partial charge in [0.15, 0.2) is 0 Å². The second-order valence-electron chi connectivity index (χ2n) is 3.97. The van der Waals surface area contributed by atoms with Gasteiger partial charge in [-0.1, -0.05) is 13.8 Å². The molecule has 4 heteroatoms. The van der Waals surface area contributed by atoms with Crippen molar-refractivity contribution in [3.05, 3.63) is 0 Å². The van der Waals surface area contributed by atoms with E-state index in [2.05, 4.69) is 18.7 Å². The summed E-state index contributed by atoms with van der Waals surface area (Å²) in [5.74, 6) is 0.199. The number of amides is 1. The van der Waals surface area contributed by atoms with Crippen molar-refractivity contribution in [2.75, 3.05) is 32.1 Å². The van der Waals surface area contributed by atoms with Gasteiger partial charge in [0.05, 0.1) is 0 Å². The Morgan fingerprint density at radius 1 is 1.33 bits per heavy atom. The molecule has 1 aliphatic rings. The number of hydrogen-bond donors (Lipinski definition) is 0. The van der Waals surface area contributed by atoms with E-state index in [0.29, 0.717) is 6.04 Å². The fourth-order valence-electron chi connectivity index (χ4n) is 2.30. The van der Waals surface area contributed by atoms with E-state index in [1.54, 1.807) is 0 Å². The van der Waals surface area contributed by atoms with Gasteiger partial charge in [0.1, 0.15) is 5.88 Å². The molecule has 1 aliphatic heterocycles. The van der Waals surface area contributed by atoms with E-state index in [4.69, 9.17) is 11.6 Å². The molecule has 0 saturated carbocycles. The molecule has 0 bridgehead atoms. The van der Waals surface area contributed by atoms with Crippen LogP contribution >= 0.6 is 11.6 Å². The molecule has 0 aromatic rings. The lowest BCUT2D eigenvalue weighted by molar-refractivity contribution is -0.130. The zero-order valence-corrected chi connectivity index (χ0v) is 10.5. The normalized spacial score (nSPS) is 18.5. The summed E-state index contributed by atoms with van der Waals surface area (Å²) in [6, 6.07) is 0.652. The Labute approximate surface area is 97.4 Å². The van der Waals surface area contributed by atoms with Crippen molar-refractivity contribution in [2.45, 2.75) is 32.7 Å². The van der Waals surface area contributed by atoms with Gasteiger partial charge in [0, 0.05) is 19.1 Å². The fraction of sp³-hybridized carbons (Fsp3) is 0.909. The molecule has 3 nitrogen and oxygen atoms in total. The largest absolute Gasteiger partial charge is 0.342 e. The highest BCUT2D eigenvalue weighted by Gasteiger charge is 2.24. The predicted molar refractivity (Wildman–Crippen MR) is 63.2 cm³/mol. The van der Waals surface area contributed by atoms with E-state index in [1.165, 1.54) is 0 Å². The van der Waals surface area contributed by atoms with Crippen molar-refractivity contribution in [2.24, 2.45) is 0 Å². The third-order valence-electron chi connectivity index (χ3n) is 3.26. The minimum Gasteiger partial charge on any atom is -0.342 e. The summed E-state index contributed by atoms with van der Waals surface area (Å²) >= 11 is 5.54. The van der Waals surface area contributed by atoms with Gasteiger partial charge < -0.3 is 9.80 Å². The Balaban J connectivity index is 2.38.